The lowest BCUT2D eigenvalue weighted by Gasteiger charge is -2.26. The van der Waals surface area contributed by atoms with Crippen molar-refractivity contribution in [1.29, 1.82) is 0 Å². The molecule has 33 heavy (non-hydrogen) atoms. The van der Waals surface area contributed by atoms with Gasteiger partial charge >= 0.3 is 0 Å². The molecule has 2 heteroatoms. The van der Waals surface area contributed by atoms with Crippen molar-refractivity contribution in [2.45, 2.75) is 137 Å². The second kappa shape index (κ2) is 19.4. The quantitative estimate of drug-likeness (QED) is 0.170. The Morgan fingerprint density at radius 3 is 1.85 bits per heavy atom. The van der Waals surface area contributed by atoms with Crippen molar-refractivity contribution < 1.29 is 9.47 Å². The van der Waals surface area contributed by atoms with Crippen LogP contribution in [0.5, 0.6) is 0 Å². The largest absolute Gasteiger partial charge is 0.379 e. The van der Waals surface area contributed by atoms with E-state index in [0.29, 0.717) is 13.2 Å². The van der Waals surface area contributed by atoms with Gasteiger partial charge in [-0.15, -0.1) is 0 Å². The van der Waals surface area contributed by atoms with Crippen molar-refractivity contribution in [3.8, 4) is 0 Å². The smallest absolute Gasteiger partial charge is 0.0818 e. The third-order valence-corrected chi connectivity index (χ3v) is 6.65. The molecule has 0 amide bonds. The Balaban J connectivity index is 1.97. The summed E-state index contributed by atoms with van der Waals surface area (Å²) in [4.78, 5) is 0. The zero-order valence-electron chi connectivity index (χ0n) is 22.9. The first-order valence-corrected chi connectivity index (χ1v) is 14.1. The van der Waals surface area contributed by atoms with Crippen LogP contribution < -0.4 is 0 Å². The van der Waals surface area contributed by atoms with Gasteiger partial charge in [-0.2, -0.15) is 0 Å². The molecular weight excluding hydrogens is 404 g/mol. The molecule has 0 aliphatic heterocycles. The van der Waals surface area contributed by atoms with E-state index in [0.717, 1.165) is 18.9 Å². The zero-order valence-corrected chi connectivity index (χ0v) is 22.9. The fourth-order valence-corrected chi connectivity index (χ4v) is 4.34. The van der Waals surface area contributed by atoms with Crippen LogP contribution in [0.4, 0.5) is 0 Å². The van der Waals surface area contributed by atoms with Gasteiger partial charge in [0, 0.05) is 6.61 Å². The second-order valence-electron chi connectivity index (χ2n) is 11.4. The van der Waals surface area contributed by atoms with E-state index in [1.807, 2.05) is 0 Å². The molecule has 0 saturated heterocycles. The topological polar surface area (TPSA) is 18.5 Å². The van der Waals surface area contributed by atoms with E-state index in [1.165, 1.54) is 89.0 Å². The number of hydrogen-bond acceptors (Lipinski definition) is 2. The summed E-state index contributed by atoms with van der Waals surface area (Å²) in [6.07, 6.45) is 19.2. The summed E-state index contributed by atoms with van der Waals surface area (Å²) in [7, 11) is 0. The van der Waals surface area contributed by atoms with Gasteiger partial charge in [0.1, 0.15) is 0 Å². The van der Waals surface area contributed by atoms with Crippen LogP contribution in [-0.2, 0) is 16.1 Å². The Labute approximate surface area is 207 Å². The normalized spacial score (nSPS) is 13.8. The number of unbranched alkanes of at least 4 members (excludes halogenated alkanes) is 10. The van der Waals surface area contributed by atoms with E-state index in [4.69, 9.17) is 9.47 Å². The SMILES string of the molecule is CCC(C)CCCCCCCCCCCCCOCC(CC(C)(C)C)OCc1ccccc1. The van der Waals surface area contributed by atoms with Gasteiger partial charge in [0.25, 0.3) is 0 Å². The fraction of sp³-hybridized carbons (Fsp3) is 0.806. The van der Waals surface area contributed by atoms with E-state index in [2.05, 4.69) is 65.0 Å². The number of benzene rings is 1. The molecule has 0 spiro atoms. The van der Waals surface area contributed by atoms with Crippen LogP contribution in [0, 0.1) is 11.3 Å². The molecular formula is C31H56O2. The third kappa shape index (κ3) is 19.2. The van der Waals surface area contributed by atoms with Crippen LogP contribution in [0.1, 0.15) is 130 Å². The molecule has 0 bridgehead atoms. The van der Waals surface area contributed by atoms with Gasteiger partial charge in [0.2, 0.25) is 0 Å². The molecule has 2 atom stereocenters. The molecule has 0 radical (unpaired) electrons. The standard InChI is InChI=1S/C31H56O2/c1-6-28(2)21-17-14-12-10-8-7-9-11-13-15-20-24-32-27-30(25-31(3,4)5)33-26-29-22-18-16-19-23-29/h16,18-19,22-23,28,30H,6-15,17,20-21,24-27H2,1-5H3. The average molecular weight is 461 g/mol. The van der Waals surface area contributed by atoms with Gasteiger partial charge in [-0.25, -0.2) is 0 Å². The summed E-state index contributed by atoms with van der Waals surface area (Å²) in [5.74, 6) is 0.924. The van der Waals surface area contributed by atoms with Crippen LogP contribution in [0.3, 0.4) is 0 Å². The molecule has 0 saturated carbocycles. The highest BCUT2D eigenvalue weighted by molar-refractivity contribution is 5.13. The van der Waals surface area contributed by atoms with Gasteiger partial charge in [0.15, 0.2) is 0 Å². The summed E-state index contributed by atoms with van der Waals surface area (Å²) >= 11 is 0. The van der Waals surface area contributed by atoms with Crippen molar-refractivity contribution in [3.63, 3.8) is 0 Å². The summed E-state index contributed by atoms with van der Waals surface area (Å²) in [5, 5.41) is 0. The third-order valence-electron chi connectivity index (χ3n) is 6.65. The lowest BCUT2D eigenvalue weighted by atomic mass is 9.89. The Morgan fingerprint density at radius 1 is 0.758 bits per heavy atom. The summed E-state index contributed by atoms with van der Waals surface area (Å²) in [6, 6.07) is 10.5. The molecule has 1 aromatic carbocycles. The number of ether oxygens (including phenoxy) is 2. The number of hydrogen-bond donors (Lipinski definition) is 0. The lowest BCUT2D eigenvalue weighted by Crippen LogP contribution is -2.26. The van der Waals surface area contributed by atoms with Gasteiger partial charge in [-0.1, -0.05) is 142 Å². The van der Waals surface area contributed by atoms with Crippen LogP contribution in [-0.4, -0.2) is 19.3 Å². The molecule has 1 aromatic rings. The Morgan fingerprint density at radius 2 is 1.30 bits per heavy atom. The van der Waals surface area contributed by atoms with E-state index in [-0.39, 0.29) is 11.5 Å². The number of rotatable bonds is 21. The van der Waals surface area contributed by atoms with Crippen molar-refractivity contribution in [3.05, 3.63) is 35.9 Å². The highest BCUT2D eigenvalue weighted by Crippen LogP contribution is 2.23. The van der Waals surface area contributed by atoms with Gasteiger partial charge in [0.05, 0.1) is 19.3 Å². The molecule has 0 heterocycles. The summed E-state index contributed by atoms with van der Waals surface area (Å²) in [6.45, 7) is 13.8. The summed E-state index contributed by atoms with van der Waals surface area (Å²) < 4.78 is 12.2. The van der Waals surface area contributed by atoms with E-state index >= 15 is 0 Å². The molecule has 0 aliphatic rings. The molecule has 0 N–H and O–H groups in total. The first-order chi connectivity index (χ1) is 15.9. The van der Waals surface area contributed by atoms with E-state index in [9.17, 15) is 0 Å². The molecule has 2 nitrogen and oxygen atoms in total. The van der Waals surface area contributed by atoms with Crippen LogP contribution in [0.15, 0.2) is 30.3 Å². The molecule has 192 valence electrons. The minimum absolute atomic E-state index is 0.167. The second-order valence-corrected chi connectivity index (χ2v) is 11.4. The van der Waals surface area contributed by atoms with E-state index in [1.54, 1.807) is 0 Å². The lowest BCUT2D eigenvalue weighted by molar-refractivity contribution is -0.0430. The highest BCUT2D eigenvalue weighted by atomic mass is 16.5. The zero-order chi connectivity index (χ0) is 24.2. The minimum Gasteiger partial charge on any atom is -0.379 e. The first-order valence-electron chi connectivity index (χ1n) is 14.1. The van der Waals surface area contributed by atoms with Crippen molar-refractivity contribution in [1.82, 2.24) is 0 Å². The van der Waals surface area contributed by atoms with Crippen molar-refractivity contribution >= 4 is 0 Å². The Bertz CT molecular complexity index is 534. The van der Waals surface area contributed by atoms with E-state index < -0.39 is 0 Å². The van der Waals surface area contributed by atoms with Crippen LogP contribution in [0.2, 0.25) is 0 Å². The average Bonchev–Trinajstić information content (AvgIpc) is 2.79. The molecule has 0 fully saturated rings. The maximum atomic E-state index is 6.21. The van der Waals surface area contributed by atoms with Gasteiger partial charge < -0.3 is 9.47 Å². The van der Waals surface area contributed by atoms with Crippen LogP contribution in [0.25, 0.3) is 0 Å². The Hall–Kier alpha value is -0.860. The first kappa shape index (κ1) is 30.2. The highest BCUT2D eigenvalue weighted by Gasteiger charge is 2.19. The molecule has 2 unspecified atom stereocenters. The predicted octanol–water partition coefficient (Wildman–Crippen LogP) is 9.75. The maximum absolute atomic E-state index is 6.21. The van der Waals surface area contributed by atoms with Crippen molar-refractivity contribution in [2.75, 3.05) is 13.2 Å². The maximum Gasteiger partial charge on any atom is 0.0818 e. The molecule has 0 aromatic heterocycles. The fourth-order valence-electron chi connectivity index (χ4n) is 4.34. The Kier molecular flexibility index (Phi) is 17.8. The summed E-state index contributed by atoms with van der Waals surface area (Å²) in [5.41, 5.74) is 1.48. The van der Waals surface area contributed by atoms with Crippen molar-refractivity contribution in [2.24, 2.45) is 11.3 Å². The molecule has 0 aliphatic carbocycles. The molecule has 1 rings (SSSR count). The minimum atomic E-state index is 0.167. The van der Waals surface area contributed by atoms with Crippen LogP contribution >= 0.6 is 0 Å². The van der Waals surface area contributed by atoms with Gasteiger partial charge in [-0.05, 0) is 29.7 Å². The monoisotopic (exact) mass is 460 g/mol. The predicted molar refractivity (Wildman–Crippen MR) is 145 cm³/mol. The van der Waals surface area contributed by atoms with Gasteiger partial charge in [-0.3, -0.25) is 0 Å².